The molecule has 1 saturated heterocycles. The third-order valence-electron chi connectivity index (χ3n) is 6.81. The molecule has 34 heavy (non-hydrogen) atoms. The van der Waals surface area contributed by atoms with Gasteiger partial charge < -0.3 is 26.0 Å². The minimum atomic E-state index is -0.783. The lowest BCUT2D eigenvalue weighted by Gasteiger charge is -2.37. The molecule has 0 aromatic rings. The van der Waals surface area contributed by atoms with Gasteiger partial charge in [0, 0.05) is 23.9 Å². The number of nitrogens with two attached hydrogens (primary N) is 1. The Morgan fingerprint density at radius 2 is 1.82 bits per heavy atom. The van der Waals surface area contributed by atoms with E-state index in [1.165, 1.54) is 0 Å². The molecule has 2 atom stereocenters. The van der Waals surface area contributed by atoms with Crippen molar-refractivity contribution in [3.8, 4) is 0 Å². The summed E-state index contributed by atoms with van der Waals surface area (Å²) in [5, 5.41) is 5.91. The average Bonchev–Trinajstić information content (AvgIpc) is 3.26. The van der Waals surface area contributed by atoms with Crippen molar-refractivity contribution in [2.24, 2.45) is 11.7 Å². The Morgan fingerprint density at radius 3 is 2.44 bits per heavy atom. The van der Waals surface area contributed by atoms with Crippen LogP contribution in [0.15, 0.2) is 0 Å². The second-order valence-corrected chi connectivity index (χ2v) is 12.3. The number of rotatable bonds is 11. The van der Waals surface area contributed by atoms with Crippen molar-refractivity contribution in [3.05, 3.63) is 0 Å². The van der Waals surface area contributed by atoms with Gasteiger partial charge in [0.1, 0.15) is 12.1 Å². The van der Waals surface area contributed by atoms with E-state index in [4.69, 9.17) is 10.5 Å². The number of nitrogens with zero attached hydrogens (tertiary/aromatic N) is 1. The fourth-order valence-corrected chi connectivity index (χ4v) is 5.97. The predicted octanol–water partition coefficient (Wildman–Crippen LogP) is 3.43. The van der Waals surface area contributed by atoms with E-state index in [0.717, 1.165) is 50.7 Å². The Morgan fingerprint density at radius 1 is 1.15 bits per heavy atom. The molecule has 1 saturated carbocycles. The van der Waals surface area contributed by atoms with Crippen LogP contribution in [0.2, 0.25) is 0 Å². The zero-order chi connectivity index (χ0) is 25.3. The highest BCUT2D eigenvalue weighted by Crippen LogP contribution is 2.32. The van der Waals surface area contributed by atoms with Crippen molar-refractivity contribution in [1.82, 2.24) is 15.5 Å². The van der Waals surface area contributed by atoms with E-state index in [1.54, 1.807) is 30.5 Å². The fourth-order valence-electron chi connectivity index (χ4n) is 4.69. The fraction of sp³-hybridized carbons (Fsp3) is 0.880. The standard InChI is InChI=1S/C25H46N4O4S/c1-6-7-15-34-25(4,5)21(28-24(32)33-17(2)3)23(31)29-14-8-9-20(29)22(30)27-16-18-10-12-19(26)13-11-18/h17-21H,6-16,26H2,1-5H3,(H,27,30)(H,28,32)/t18?,19?,20-,21-/m0/s1. The van der Waals surface area contributed by atoms with Crippen LogP contribution in [-0.4, -0.2) is 70.6 Å². The van der Waals surface area contributed by atoms with Crippen molar-refractivity contribution in [1.29, 1.82) is 0 Å². The summed E-state index contributed by atoms with van der Waals surface area (Å²) in [6.45, 7) is 10.8. The number of carbonyl (C=O) groups is 3. The van der Waals surface area contributed by atoms with E-state index in [2.05, 4.69) is 17.6 Å². The molecule has 3 amide bonds. The number of thioether (sulfide) groups is 1. The first kappa shape index (κ1) is 28.8. The number of nitrogens with one attached hydrogen (secondary N) is 2. The topological polar surface area (TPSA) is 114 Å². The molecule has 2 rings (SSSR count). The summed E-state index contributed by atoms with van der Waals surface area (Å²) < 4.78 is 4.73. The predicted molar refractivity (Wildman–Crippen MR) is 138 cm³/mol. The molecule has 2 fully saturated rings. The summed E-state index contributed by atoms with van der Waals surface area (Å²) in [6.07, 6.45) is 6.67. The summed E-state index contributed by atoms with van der Waals surface area (Å²) in [7, 11) is 0. The van der Waals surface area contributed by atoms with Gasteiger partial charge in [-0.2, -0.15) is 11.8 Å². The van der Waals surface area contributed by atoms with Gasteiger partial charge >= 0.3 is 6.09 Å². The molecule has 0 bridgehead atoms. The SMILES string of the molecule is CCCCSC(C)(C)[C@@H](NC(=O)OC(C)C)C(=O)N1CCC[C@H]1C(=O)NCC1CCC(N)CC1. The highest BCUT2D eigenvalue weighted by atomic mass is 32.2. The van der Waals surface area contributed by atoms with Crippen molar-refractivity contribution < 1.29 is 19.1 Å². The van der Waals surface area contributed by atoms with Crippen molar-refractivity contribution in [3.63, 3.8) is 0 Å². The lowest BCUT2D eigenvalue weighted by Crippen LogP contribution is -2.60. The number of carbonyl (C=O) groups excluding carboxylic acids is 3. The number of unbranched alkanes of at least 4 members (excludes halogenated alkanes) is 1. The van der Waals surface area contributed by atoms with Gasteiger partial charge in [-0.3, -0.25) is 9.59 Å². The quantitative estimate of drug-likeness (QED) is 0.376. The van der Waals surface area contributed by atoms with E-state index in [9.17, 15) is 14.4 Å². The Bertz CT molecular complexity index is 680. The number of ether oxygens (including phenoxy) is 1. The molecule has 0 aromatic heterocycles. The van der Waals surface area contributed by atoms with E-state index in [-0.39, 0.29) is 24.0 Å². The summed E-state index contributed by atoms with van der Waals surface area (Å²) >= 11 is 1.67. The number of hydrogen-bond donors (Lipinski definition) is 3. The molecule has 0 radical (unpaired) electrons. The van der Waals surface area contributed by atoms with Gasteiger partial charge in [-0.1, -0.05) is 13.3 Å². The summed E-state index contributed by atoms with van der Waals surface area (Å²) in [4.78, 5) is 41.0. The summed E-state index contributed by atoms with van der Waals surface area (Å²) in [5.74, 6) is 1.03. The maximum absolute atomic E-state index is 13.8. The largest absolute Gasteiger partial charge is 0.447 e. The highest BCUT2D eigenvalue weighted by molar-refractivity contribution is 8.00. The number of amides is 3. The maximum Gasteiger partial charge on any atom is 0.408 e. The van der Waals surface area contributed by atoms with Gasteiger partial charge in [0.05, 0.1) is 6.10 Å². The second kappa shape index (κ2) is 13.6. The minimum absolute atomic E-state index is 0.0966. The molecule has 196 valence electrons. The first-order chi connectivity index (χ1) is 16.0. The van der Waals surface area contributed by atoms with Gasteiger partial charge in [0.2, 0.25) is 11.8 Å². The molecule has 1 aliphatic carbocycles. The van der Waals surface area contributed by atoms with Crippen molar-refractivity contribution >= 4 is 29.7 Å². The first-order valence-electron chi connectivity index (χ1n) is 13.0. The number of hydrogen-bond acceptors (Lipinski definition) is 6. The zero-order valence-corrected chi connectivity index (χ0v) is 22.5. The highest BCUT2D eigenvalue weighted by Gasteiger charge is 2.44. The van der Waals surface area contributed by atoms with Crippen LogP contribution in [0.3, 0.4) is 0 Å². The zero-order valence-electron chi connectivity index (χ0n) is 21.7. The Hall–Kier alpha value is -1.48. The molecule has 0 spiro atoms. The van der Waals surface area contributed by atoms with Gasteiger partial charge in [-0.05, 0) is 84.3 Å². The Balaban J connectivity index is 2.07. The second-order valence-electron chi connectivity index (χ2n) is 10.6. The van der Waals surface area contributed by atoms with Crippen LogP contribution in [0.1, 0.15) is 86.0 Å². The van der Waals surface area contributed by atoms with Gasteiger partial charge in [0.15, 0.2) is 0 Å². The molecule has 0 aromatic carbocycles. The molecule has 1 heterocycles. The van der Waals surface area contributed by atoms with Crippen LogP contribution in [0, 0.1) is 5.92 Å². The van der Waals surface area contributed by atoms with Crippen LogP contribution < -0.4 is 16.4 Å². The van der Waals surface area contributed by atoms with Crippen LogP contribution in [0.25, 0.3) is 0 Å². The molecule has 4 N–H and O–H groups in total. The normalized spacial score (nSPS) is 24.1. The molecule has 0 unspecified atom stereocenters. The van der Waals surface area contributed by atoms with E-state index in [0.29, 0.717) is 25.4 Å². The molecule has 8 nitrogen and oxygen atoms in total. The molecule has 1 aliphatic heterocycles. The third kappa shape index (κ3) is 8.63. The van der Waals surface area contributed by atoms with Gasteiger partial charge in [-0.15, -0.1) is 0 Å². The van der Waals surface area contributed by atoms with Gasteiger partial charge in [0.25, 0.3) is 0 Å². The molecule has 9 heteroatoms. The van der Waals surface area contributed by atoms with Crippen LogP contribution in [0.4, 0.5) is 4.79 Å². The van der Waals surface area contributed by atoms with Crippen LogP contribution in [-0.2, 0) is 14.3 Å². The monoisotopic (exact) mass is 498 g/mol. The van der Waals surface area contributed by atoms with Crippen molar-refractivity contribution in [2.45, 2.75) is 115 Å². The lowest BCUT2D eigenvalue weighted by molar-refractivity contribution is -0.140. The maximum atomic E-state index is 13.8. The summed E-state index contributed by atoms with van der Waals surface area (Å²) in [5.41, 5.74) is 5.99. The smallest absolute Gasteiger partial charge is 0.408 e. The molecule has 2 aliphatic rings. The summed E-state index contributed by atoms with van der Waals surface area (Å²) in [6, 6.07) is -1.01. The van der Waals surface area contributed by atoms with E-state index < -0.39 is 22.9 Å². The molecular weight excluding hydrogens is 452 g/mol. The molecular formula is C25H46N4O4S. The third-order valence-corrected chi connectivity index (χ3v) is 8.29. The van der Waals surface area contributed by atoms with Crippen molar-refractivity contribution in [2.75, 3.05) is 18.8 Å². The minimum Gasteiger partial charge on any atom is -0.447 e. The van der Waals surface area contributed by atoms with E-state index >= 15 is 0 Å². The Kier molecular flexibility index (Phi) is 11.5. The van der Waals surface area contributed by atoms with Crippen LogP contribution in [0.5, 0.6) is 0 Å². The lowest BCUT2D eigenvalue weighted by atomic mass is 9.86. The van der Waals surface area contributed by atoms with Gasteiger partial charge in [-0.25, -0.2) is 4.79 Å². The number of alkyl carbamates (subject to hydrolysis) is 1. The van der Waals surface area contributed by atoms with Crippen LogP contribution >= 0.6 is 11.8 Å². The average molecular weight is 499 g/mol. The number of likely N-dealkylation sites (tertiary alicyclic amines) is 1. The Labute approximate surface area is 209 Å². The van der Waals surface area contributed by atoms with E-state index in [1.807, 2.05) is 13.8 Å². The first-order valence-corrected chi connectivity index (χ1v) is 14.0.